The number of hydrogen-bond donors (Lipinski definition) is 2. The zero-order valence-electron chi connectivity index (χ0n) is 15.0. The van der Waals surface area contributed by atoms with Gasteiger partial charge in [0, 0.05) is 11.4 Å². The third kappa shape index (κ3) is 4.27. The molecule has 0 fully saturated rings. The lowest BCUT2D eigenvalue weighted by molar-refractivity contribution is 0.600. The number of rotatable bonds is 5. The van der Waals surface area contributed by atoms with Gasteiger partial charge in [-0.2, -0.15) is 5.26 Å². The predicted molar refractivity (Wildman–Crippen MR) is 108 cm³/mol. The summed E-state index contributed by atoms with van der Waals surface area (Å²) in [5.41, 5.74) is 4.04. The van der Waals surface area contributed by atoms with Crippen LogP contribution >= 0.6 is 0 Å². The van der Waals surface area contributed by atoms with Crippen LogP contribution in [0, 0.1) is 25.2 Å². The summed E-state index contributed by atoms with van der Waals surface area (Å²) in [6.45, 7) is 3.63. The molecule has 0 atom stereocenters. The van der Waals surface area contributed by atoms with Gasteiger partial charge >= 0.3 is 0 Å². The fourth-order valence-electron chi connectivity index (χ4n) is 2.67. The molecule has 0 spiro atoms. The van der Waals surface area contributed by atoms with Gasteiger partial charge in [0.2, 0.25) is 0 Å². The van der Waals surface area contributed by atoms with E-state index in [1.807, 2.05) is 25.1 Å². The Morgan fingerprint density at radius 3 is 2.26 bits per heavy atom. The Bertz CT molecular complexity index is 1110. The van der Waals surface area contributed by atoms with Gasteiger partial charge in [-0.1, -0.05) is 24.3 Å². The summed E-state index contributed by atoms with van der Waals surface area (Å²) in [6.07, 6.45) is 0. The lowest BCUT2D eigenvalue weighted by Crippen LogP contribution is -2.14. The molecule has 0 bridgehead atoms. The van der Waals surface area contributed by atoms with Crippen molar-refractivity contribution in [1.82, 2.24) is 0 Å². The molecule has 0 heterocycles. The summed E-state index contributed by atoms with van der Waals surface area (Å²) in [5, 5.41) is 12.3. The Morgan fingerprint density at radius 2 is 1.56 bits per heavy atom. The molecule has 3 aromatic carbocycles. The highest BCUT2D eigenvalue weighted by atomic mass is 32.2. The van der Waals surface area contributed by atoms with Crippen LogP contribution in [0.2, 0.25) is 0 Å². The molecule has 136 valence electrons. The lowest BCUT2D eigenvalue weighted by Gasteiger charge is -2.12. The van der Waals surface area contributed by atoms with Gasteiger partial charge in [-0.15, -0.1) is 0 Å². The van der Waals surface area contributed by atoms with E-state index in [0.29, 0.717) is 22.5 Å². The molecule has 6 heteroatoms. The summed E-state index contributed by atoms with van der Waals surface area (Å²) >= 11 is 0. The highest BCUT2D eigenvalue weighted by molar-refractivity contribution is 7.92. The van der Waals surface area contributed by atoms with Crippen LogP contribution in [0.25, 0.3) is 0 Å². The number of hydrogen-bond acceptors (Lipinski definition) is 4. The number of aryl methyl sites for hydroxylation is 2. The first-order valence-electron chi connectivity index (χ1n) is 8.35. The topological polar surface area (TPSA) is 82.0 Å². The fraction of sp³-hybridized carbons (Fsp3) is 0.0952. The molecule has 0 radical (unpaired) electrons. The van der Waals surface area contributed by atoms with Gasteiger partial charge in [0.15, 0.2) is 0 Å². The molecule has 3 rings (SSSR count). The van der Waals surface area contributed by atoms with E-state index in [1.165, 1.54) is 0 Å². The molecule has 5 nitrogen and oxygen atoms in total. The molecule has 0 unspecified atom stereocenters. The molecular weight excluding hydrogens is 358 g/mol. The molecular formula is C21H19N3O2S. The first-order chi connectivity index (χ1) is 12.9. The predicted octanol–water partition coefficient (Wildman–Crippen LogP) is 4.72. The van der Waals surface area contributed by atoms with Crippen molar-refractivity contribution in [2.75, 3.05) is 10.0 Å². The fourth-order valence-corrected chi connectivity index (χ4v) is 4.06. The molecule has 0 saturated heterocycles. The van der Waals surface area contributed by atoms with Crippen LogP contribution in [0.5, 0.6) is 0 Å². The standard InChI is InChI=1S/C21H19N3O2S/c1-15-7-8-16(2)21(13-15)27(25,26)24-19-11-9-18(10-12-19)23-20-6-4-3-5-17(20)14-22/h3-13,23-24H,1-2H3. The second-order valence-corrected chi connectivity index (χ2v) is 7.89. The Labute approximate surface area is 159 Å². The van der Waals surface area contributed by atoms with E-state index in [9.17, 15) is 8.42 Å². The SMILES string of the molecule is Cc1ccc(C)c(S(=O)(=O)Nc2ccc(Nc3ccccc3C#N)cc2)c1. The number of nitrogens with one attached hydrogen (secondary N) is 2. The highest BCUT2D eigenvalue weighted by Crippen LogP contribution is 2.24. The monoisotopic (exact) mass is 377 g/mol. The van der Waals surface area contributed by atoms with Crippen molar-refractivity contribution in [3.05, 3.63) is 83.4 Å². The van der Waals surface area contributed by atoms with Crippen LogP contribution < -0.4 is 10.0 Å². The first-order valence-corrected chi connectivity index (χ1v) is 9.84. The van der Waals surface area contributed by atoms with E-state index in [2.05, 4.69) is 16.1 Å². The van der Waals surface area contributed by atoms with Crippen molar-refractivity contribution in [1.29, 1.82) is 5.26 Å². The number of sulfonamides is 1. The van der Waals surface area contributed by atoms with Gasteiger partial charge in [-0.05, 0) is 67.4 Å². The molecule has 0 amide bonds. The molecule has 2 N–H and O–H groups in total. The summed E-state index contributed by atoms with van der Waals surface area (Å²) in [7, 11) is -3.66. The van der Waals surface area contributed by atoms with Gasteiger partial charge < -0.3 is 5.32 Å². The summed E-state index contributed by atoms with van der Waals surface area (Å²) in [6, 6.07) is 21.5. The average Bonchev–Trinajstić information content (AvgIpc) is 2.65. The minimum absolute atomic E-state index is 0.271. The maximum absolute atomic E-state index is 12.7. The Balaban J connectivity index is 1.80. The van der Waals surface area contributed by atoms with Crippen molar-refractivity contribution in [2.45, 2.75) is 18.7 Å². The van der Waals surface area contributed by atoms with Crippen molar-refractivity contribution < 1.29 is 8.42 Å². The summed E-state index contributed by atoms with van der Waals surface area (Å²) in [5.74, 6) is 0. The van der Waals surface area contributed by atoms with Crippen LogP contribution in [0.4, 0.5) is 17.1 Å². The van der Waals surface area contributed by atoms with E-state index in [4.69, 9.17) is 5.26 Å². The second-order valence-electron chi connectivity index (χ2n) is 6.23. The number of nitrogens with zero attached hydrogens (tertiary/aromatic N) is 1. The van der Waals surface area contributed by atoms with Crippen molar-refractivity contribution in [3.8, 4) is 6.07 Å². The van der Waals surface area contributed by atoms with Crippen molar-refractivity contribution in [2.24, 2.45) is 0 Å². The number of nitriles is 1. The highest BCUT2D eigenvalue weighted by Gasteiger charge is 2.17. The maximum atomic E-state index is 12.7. The molecule has 0 saturated carbocycles. The molecule has 0 aliphatic carbocycles. The van der Waals surface area contributed by atoms with Gasteiger partial charge in [0.25, 0.3) is 10.0 Å². The average molecular weight is 377 g/mol. The van der Waals surface area contributed by atoms with Crippen LogP contribution in [0.15, 0.2) is 71.6 Å². The molecule has 0 aliphatic rings. The maximum Gasteiger partial charge on any atom is 0.262 e. The Kier molecular flexibility index (Phi) is 5.15. The minimum atomic E-state index is -3.66. The van der Waals surface area contributed by atoms with Gasteiger partial charge in [0.05, 0.1) is 16.1 Å². The van der Waals surface area contributed by atoms with Crippen molar-refractivity contribution in [3.63, 3.8) is 0 Å². The summed E-state index contributed by atoms with van der Waals surface area (Å²) < 4.78 is 28.0. The van der Waals surface area contributed by atoms with E-state index in [1.54, 1.807) is 55.5 Å². The zero-order valence-corrected chi connectivity index (χ0v) is 15.8. The minimum Gasteiger partial charge on any atom is -0.354 e. The second kappa shape index (κ2) is 7.52. The van der Waals surface area contributed by atoms with Crippen LogP contribution in [0.3, 0.4) is 0 Å². The number of anilines is 3. The summed E-state index contributed by atoms with van der Waals surface area (Å²) in [4.78, 5) is 0.271. The van der Waals surface area contributed by atoms with Gasteiger partial charge in [-0.3, -0.25) is 4.72 Å². The van der Waals surface area contributed by atoms with Gasteiger partial charge in [0.1, 0.15) is 6.07 Å². The molecule has 27 heavy (non-hydrogen) atoms. The Morgan fingerprint density at radius 1 is 0.889 bits per heavy atom. The lowest BCUT2D eigenvalue weighted by atomic mass is 10.2. The smallest absolute Gasteiger partial charge is 0.262 e. The van der Waals surface area contributed by atoms with E-state index >= 15 is 0 Å². The van der Waals surface area contributed by atoms with Crippen molar-refractivity contribution >= 4 is 27.1 Å². The largest absolute Gasteiger partial charge is 0.354 e. The third-order valence-corrected chi connectivity index (χ3v) is 5.62. The molecule has 0 aromatic heterocycles. The van der Waals surface area contributed by atoms with Crippen LogP contribution in [-0.2, 0) is 10.0 Å². The molecule has 0 aliphatic heterocycles. The number of para-hydroxylation sites is 1. The molecule has 3 aromatic rings. The van der Waals surface area contributed by atoms with E-state index in [0.717, 1.165) is 11.3 Å². The third-order valence-electron chi connectivity index (χ3n) is 4.10. The normalized spacial score (nSPS) is 10.9. The van der Waals surface area contributed by atoms with Crippen LogP contribution in [-0.4, -0.2) is 8.42 Å². The van der Waals surface area contributed by atoms with Gasteiger partial charge in [-0.25, -0.2) is 8.42 Å². The first kappa shape index (κ1) is 18.5. The Hall–Kier alpha value is -3.30. The number of benzene rings is 3. The van der Waals surface area contributed by atoms with Crippen LogP contribution in [0.1, 0.15) is 16.7 Å². The van der Waals surface area contributed by atoms with E-state index < -0.39 is 10.0 Å². The zero-order chi connectivity index (χ0) is 19.4. The quantitative estimate of drug-likeness (QED) is 0.674. The van der Waals surface area contributed by atoms with E-state index in [-0.39, 0.29) is 4.90 Å².